The summed E-state index contributed by atoms with van der Waals surface area (Å²) in [5.41, 5.74) is 3.82. The van der Waals surface area contributed by atoms with Crippen molar-refractivity contribution in [3.8, 4) is 17.2 Å². The van der Waals surface area contributed by atoms with Crippen molar-refractivity contribution < 1.29 is 23.8 Å². The molecule has 0 aliphatic heterocycles. The molecule has 34 heavy (non-hydrogen) atoms. The number of amides is 2. The van der Waals surface area contributed by atoms with Gasteiger partial charge in [0, 0.05) is 18.5 Å². The number of nitrogens with one attached hydrogen (secondary N) is 2. The molecular formula is C25H32BrN3O5. The molecule has 2 amide bonds. The van der Waals surface area contributed by atoms with Crippen LogP contribution in [-0.4, -0.2) is 37.8 Å². The summed E-state index contributed by atoms with van der Waals surface area (Å²) in [7, 11) is 0. The van der Waals surface area contributed by atoms with E-state index in [1.165, 1.54) is 6.21 Å². The lowest BCUT2D eigenvalue weighted by Gasteiger charge is -2.14. The van der Waals surface area contributed by atoms with Crippen LogP contribution < -0.4 is 25.0 Å². The number of carbonyl (C=O) groups excluding carboxylic acids is 2. The molecule has 2 rings (SSSR count). The van der Waals surface area contributed by atoms with Gasteiger partial charge in [-0.1, -0.05) is 13.3 Å². The monoisotopic (exact) mass is 533 g/mol. The number of anilines is 1. The van der Waals surface area contributed by atoms with Crippen molar-refractivity contribution in [2.24, 2.45) is 5.10 Å². The number of hydrazone groups is 1. The van der Waals surface area contributed by atoms with Crippen LogP contribution in [0.25, 0.3) is 0 Å². The molecule has 2 aromatic carbocycles. The lowest BCUT2D eigenvalue weighted by Crippen LogP contribution is -2.20. The molecule has 0 saturated heterocycles. The second-order valence-electron chi connectivity index (χ2n) is 7.26. The lowest BCUT2D eigenvalue weighted by atomic mass is 10.2. The van der Waals surface area contributed by atoms with Gasteiger partial charge in [0.15, 0.2) is 11.5 Å². The fourth-order valence-electron chi connectivity index (χ4n) is 2.87. The van der Waals surface area contributed by atoms with Crippen LogP contribution >= 0.6 is 15.9 Å². The van der Waals surface area contributed by atoms with E-state index in [0.29, 0.717) is 37.0 Å². The van der Waals surface area contributed by atoms with Crippen molar-refractivity contribution in [3.63, 3.8) is 0 Å². The molecule has 0 atom stereocenters. The molecule has 0 aromatic heterocycles. The van der Waals surface area contributed by atoms with Crippen molar-refractivity contribution in [3.05, 3.63) is 46.4 Å². The van der Waals surface area contributed by atoms with E-state index < -0.39 is 0 Å². The number of halogens is 1. The molecule has 0 spiro atoms. The molecule has 0 aliphatic carbocycles. The van der Waals surface area contributed by atoms with Crippen LogP contribution in [-0.2, 0) is 9.59 Å². The van der Waals surface area contributed by atoms with Gasteiger partial charge in [0.2, 0.25) is 11.8 Å². The number of nitrogens with zero attached hydrogens (tertiary/aromatic N) is 1. The Balaban J connectivity index is 1.84. The Labute approximate surface area is 209 Å². The van der Waals surface area contributed by atoms with Crippen LogP contribution in [0.4, 0.5) is 5.69 Å². The molecule has 0 heterocycles. The van der Waals surface area contributed by atoms with Crippen LogP contribution in [0.1, 0.15) is 52.0 Å². The third-order valence-corrected chi connectivity index (χ3v) is 5.10. The average molecular weight is 534 g/mol. The van der Waals surface area contributed by atoms with Gasteiger partial charge < -0.3 is 19.5 Å². The van der Waals surface area contributed by atoms with Crippen molar-refractivity contribution >= 4 is 39.6 Å². The molecule has 0 bridgehead atoms. The zero-order valence-electron chi connectivity index (χ0n) is 19.9. The highest BCUT2D eigenvalue weighted by Gasteiger charge is 2.12. The Morgan fingerprint density at radius 3 is 2.35 bits per heavy atom. The van der Waals surface area contributed by atoms with Crippen molar-refractivity contribution in [1.82, 2.24) is 5.43 Å². The summed E-state index contributed by atoms with van der Waals surface area (Å²) in [5, 5.41) is 6.74. The van der Waals surface area contributed by atoms with E-state index >= 15 is 0 Å². The van der Waals surface area contributed by atoms with E-state index in [9.17, 15) is 9.59 Å². The van der Waals surface area contributed by atoms with E-state index in [1.807, 2.05) is 19.9 Å². The van der Waals surface area contributed by atoms with Gasteiger partial charge in [-0.05, 0) is 78.2 Å². The van der Waals surface area contributed by atoms with Gasteiger partial charge >= 0.3 is 0 Å². The number of carbonyl (C=O) groups is 2. The minimum Gasteiger partial charge on any atom is -0.494 e. The van der Waals surface area contributed by atoms with Gasteiger partial charge in [-0.15, -0.1) is 0 Å². The molecule has 2 aromatic rings. The highest BCUT2D eigenvalue weighted by molar-refractivity contribution is 9.10. The largest absolute Gasteiger partial charge is 0.494 e. The Bertz CT molecular complexity index is 964. The predicted octanol–water partition coefficient (Wildman–Crippen LogP) is 5.29. The minimum absolute atomic E-state index is 0.0122. The third kappa shape index (κ3) is 9.43. The number of ether oxygens (including phenoxy) is 3. The summed E-state index contributed by atoms with van der Waals surface area (Å²) in [6, 6.07) is 10.7. The standard InChI is InChI=1S/C25H32BrN3O5/c1-4-7-14-34-25-21(26)15-18(16-22(25)33-6-3)17-27-29-24(31)13-12-23(30)28-19-8-10-20(11-9-19)32-5-2/h8-11,15-17H,4-7,12-14H2,1-3H3,(H,28,30)(H,29,31). The molecular weight excluding hydrogens is 502 g/mol. The summed E-state index contributed by atoms with van der Waals surface area (Å²) >= 11 is 3.52. The van der Waals surface area contributed by atoms with E-state index in [0.717, 1.165) is 28.6 Å². The quantitative estimate of drug-likeness (QED) is 0.195. The van der Waals surface area contributed by atoms with E-state index in [4.69, 9.17) is 14.2 Å². The zero-order valence-corrected chi connectivity index (χ0v) is 21.4. The summed E-state index contributed by atoms with van der Waals surface area (Å²) < 4.78 is 17.6. The summed E-state index contributed by atoms with van der Waals surface area (Å²) in [6.45, 7) is 7.58. The van der Waals surface area contributed by atoms with Crippen LogP contribution in [0.3, 0.4) is 0 Å². The molecule has 0 radical (unpaired) electrons. The third-order valence-electron chi connectivity index (χ3n) is 4.51. The Morgan fingerprint density at radius 1 is 0.971 bits per heavy atom. The van der Waals surface area contributed by atoms with Crippen LogP contribution in [0.15, 0.2) is 46.0 Å². The Morgan fingerprint density at radius 2 is 1.68 bits per heavy atom. The first kappa shape index (κ1) is 27.2. The van der Waals surface area contributed by atoms with E-state index in [2.05, 4.69) is 38.7 Å². The van der Waals surface area contributed by atoms with Crippen molar-refractivity contribution in [2.75, 3.05) is 25.1 Å². The Hall–Kier alpha value is -3.07. The minimum atomic E-state index is -0.360. The van der Waals surface area contributed by atoms with E-state index in [1.54, 1.807) is 30.3 Å². The Kier molecular flexibility index (Phi) is 12.0. The molecule has 184 valence electrons. The normalized spacial score (nSPS) is 10.7. The topological polar surface area (TPSA) is 98.2 Å². The van der Waals surface area contributed by atoms with Gasteiger partial charge in [-0.25, -0.2) is 5.43 Å². The highest BCUT2D eigenvalue weighted by Crippen LogP contribution is 2.36. The maximum absolute atomic E-state index is 12.1. The number of rotatable bonds is 14. The molecule has 0 aliphatic rings. The van der Waals surface area contributed by atoms with Crippen LogP contribution in [0.5, 0.6) is 17.2 Å². The average Bonchev–Trinajstić information content (AvgIpc) is 2.81. The number of unbranched alkanes of at least 4 members (excludes halogenated alkanes) is 1. The smallest absolute Gasteiger partial charge is 0.240 e. The number of hydrogen-bond acceptors (Lipinski definition) is 6. The zero-order chi connectivity index (χ0) is 24.8. The predicted molar refractivity (Wildman–Crippen MR) is 137 cm³/mol. The summed E-state index contributed by atoms with van der Waals surface area (Å²) in [5.74, 6) is 1.37. The highest BCUT2D eigenvalue weighted by atomic mass is 79.9. The van der Waals surface area contributed by atoms with Crippen molar-refractivity contribution in [2.45, 2.75) is 46.5 Å². The molecule has 0 fully saturated rings. The SMILES string of the molecule is CCCCOc1c(Br)cc(C=NNC(=O)CCC(=O)Nc2ccc(OCC)cc2)cc1OCC. The fraction of sp³-hybridized carbons (Fsp3) is 0.400. The summed E-state index contributed by atoms with van der Waals surface area (Å²) in [4.78, 5) is 24.2. The van der Waals surface area contributed by atoms with Crippen LogP contribution in [0.2, 0.25) is 0 Å². The maximum atomic E-state index is 12.1. The van der Waals surface area contributed by atoms with Gasteiger partial charge in [0.1, 0.15) is 5.75 Å². The van der Waals surface area contributed by atoms with Crippen molar-refractivity contribution in [1.29, 1.82) is 0 Å². The maximum Gasteiger partial charge on any atom is 0.240 e. The first-order chi connectivity index (χ1) is 16.5. The van der Waals surface area contributed by atoms with E-state index in [-0.39, 0.29) is 24.7 Å². The number of hydrogen-bond donors (Lipinski definition) is 2. The number of benzene rings is 2. The molecule has 0 saturated carbocycles. The first-order valence-corrected chi connectivity index (χ1v) is 12.2. The lowest BCUT2D eigenvalue weighted by molar-refractivity contribution is -0.124. The molecule has 2 N–H and O–H groups in total. The second kappa shape index (κ2) is 15.0. The molecule has 0 unspecified atom stereocenters. The van der Waals surface area contributed by atoms with Gasteiger partial charge in [-0.2, -0.15) is 5.10 Å². The molecule has 9 heteroatoms. The second-order valence-corrected chi connectivity index (χ2v) is 8.12. The fourth-order valence-corrected chi connectivity index (χ4v) is 3.44. The van der Waals surface area contributed by atoms with Gasteiger partial charge in [0.25, 0.3) is 0 Å². The van der Waals surface area contributed by atoms with Gasteiger partial charge in [-0.3, -0.25) is 9.59 Å². The summed E-state index contributed by atoms with van der Waals surface area (Å²) in [6.07, 6.45) is 3.55. The van der Waals surface area contributed by atoms with Crippen LogP contribution in [0, 0.1) is 0 Å². The molecule has 8 nitrogen and oxygen atoms in total. The first-order valence-electron chi connectivity index (χ1n) is 11.4. The van der Waals surface area contributed by atoms with Gasteiger partial charge in [0.05, 0.1) is 30.5 Å².